The zero-order valence-electron chi connectivity index (χ0n) is 9.70. The first-order valence-electron chi connectivity index (χ1n) is 5.22. The Morgan fingerprint density at radius 3 is 2.88 bits per heavy atom. The molecule has 4 heteroatoms. The minimum atomic E-state index is -0.397. The second kappa shape index (κ2) is 7.80. The van der Waals surface area contributed by atoms with Crippen LogP contribution in [0.5, 0.6) is 0 Å². The lowest BCUT2D eigenvalue weighted by Crippen LogP contribution is -2.02. The van der Waals surface area contributed by atoms with E-state index in [1.165, 1.54) is 6.07 Å². The van der Waals surface area contributed by atoms with Crippen molar-refractivity contribution in [3.05, 3.63) is 35.1 Å². The fourth-order valence-electron chi connectivity index (χ4n) is 1.23. The predicted octanol–water partition coefficient (Wildman–Crippen LogP) is 1.33. The van der Waals surface area contributed by atoms with Gasteiger partial charge >= 0.3 is 0 Å². The van der Waals surface area contributed by atoms with Gasteiger partial charge in [-0.2, -0.15) is 0 Å². The molecule has 0 spiro atoms. The van der Waals surface area contributed by atoms with Gasteiger partial charge in [-0.25, -0.2) is 4.39 Å². The van der Waals surface area contributed by atoms with Crippen molar-refractivity contribution in [1.82, 2.24) is 0 Å². The van der Waals surface area contributed by atoms with Gasteiger partial charge in [0.2, 0.25) is 0 Å². The summed E-state index contributed by atoms with van der Waals surface area (Å²) in [6.45, 7) is 1.12. The van der Waals surface area contributed by atoms with Crippen molar-refractivity contribution >= 4 is 0 Å². The first-order valence-corrected chi connectivity index (χ1v) is 5.22. The third-order valence-electron chi connectivity index (χ3n) is 2.03. The average molecular weight is 238 g/mol. The molecule has 0 heterocycles. The quantitative estimate of drug-likeness (QED) is 0.621. The van der Waals surface area contributed by atoms with E-state index in [9.17, 15) is 4.39 Å². The highest BCUT2D eigenvalue weighted by molar-refractivity contribution is 5.38. The van der Waals surface area contributed by atoms with E-state index in [0.29, 0.717) is 19.8 Å². The van der Waals surface area contributed by atoms with Gasteiger partial charge in [0.15, 0.2) is 0 Å². The van der Waals surface area contributed by atoms with Crippen LogP contribution < -0.4 is 0 Å². The minimum Gasteiger partial charge on any atom is -0.384 e. The number of hydrogen-bond donors (Lipinski definition) is 1. The topological polar surface area (TPSA) is 38.7 Å². The van der Waals surface area contributed by atoms with Crippen LogP contribution in [0.1, 0.15) is 11.1 Å². The van der Waals surface area contributed by atoms with E-state index in [1.807, 2.05) is 0 Å². The summed E-state index contributed by atoms with van der Waals surface area (Å²) in [6.07, 6.45) is 0. The zero-order valence-corrected chi connectivity index (χ0v) is 9.70. The van der Waals surface area contributed by atoms with Crippen molar-refractivity contribution in [2.24, 2.45) is 0 Å². The maximum Gasteiger partial charge on any atom is 0.138 e. The first-order chi connectivity index (χ1) is 8.27. The lowest BCUT2D eigenvalue weighted by atomic mass is 10.1. The van der Waals surface area contributed by atoms with E-state index in [2.05, 4.69) is 11.8 Å². The van der Waals surface area contributed by atoms with Crippen molar-refractivity contribution in [2.75, 3.05) is 26.9 Å². The molecule has 0 saturated carbocycles. The smallest absolute Gasteiger partial charge is 0.138 e. The van der Waals surface area contributed by atoms with E-state index in [0.717, 1.165) is 5.56 Å². The van der Waals surface area contributed by atoms with Crippen molar-refractivity contribution in [2.45, 2.75) is 6.61 Å². The monoisotopic (exact) mass is 238 g/mol. The number of halogens is 1. The number of hydrogen-bond acceptors (Lipinski definition) is 3. The van der Waals surface area contributed by atoms with Crippen LogP contribution in [0.15, 0.2) is 18.2 Å². The molecular weight excluding hydrogens is 223 g/mol. The standard InChI is InChI=1S/C13H15FO3/c1-16-7-8-17-10-11-4-5-13(14)12(9-11)3-2-6-15/h4-5,9,15H,6-8,10H2,1H3. The molecule has 0 amide bonds. The third kappa shape index (κ3) is 4.96. The molecule has 0 unspecified atom stereocenters. The molecule has 0 aromatic heterocycles. The summed E-state index contributed by atoms with van der Waals surface area (Å²) in [5, 5.41) is 8.55. The van der Waals surface area contributed by atoms with Crippen LogP contribution in [-0.2, 0) is 16.1 Å². The summed E-state index contributed by atoms with van der Waals surface area (Å²) >= 11 is 0. The van der Waals surface area contributed by atoms with Crippen LogP contribution in [-0.4, -0.2) is 32.0 Å². The van der Waals surface area contributed by atoms with Gasteiger partial charge in [0.05, 0.1) is 25.4 Å². The molecule has 0 aliphatic rings. The Morgan fingerprint density at radius 1 is 1.35 bits per heavy atom. The molecule has 0 aliphatic carbocycles. The van der Waals surface area contributed by atoms with Gasteiger partial charge in [-0.3, -0.25) is 0 Å². The highest BCUT2D eigenvalue weighted by Crippen LogP contribution is 2.10. The first kappa shape index (κ1) is 13.7. The Labute approximate surface area is 100 Å². The van der Waals surface area contributed by atoms with Gasteiger partial charge < -0.3 is 14.6 Å². The predicted molar refractivity (Wildman–Crippen MR) is 61.9 cm³/mol. The fraction of sp³-hybridized carbons (Fsp3) is 0.385. The van der Waals surface area contributed by atoms with E-state index >= 15 is 0 Å². The van der Waals surface area contributed by atoms with Gasteiger partial charge in [0, 0.05) is 7.11 Å². The molecule has 1 aromatic rings. The maximum atomic E-state index is 13.3. The minimum absolute atomic E-state index is 0.270. The van der Waals surface area contributed by atoms with Crippen molar-refractivity contribution in [1.29, 1.82) is 0 Å². The molecule has 0 radical (unpaired) electrons. The Morgan fingerprint density at radius 2 is 2.18 bits per heavy atom. The van der Waals surface area contributed by atoms with Crippen LogP contribution in [0, 0.1) is 17.7 Å². The lowest BCUT2D eigenvalue weighted by molar-refractivity contribution is 0.0616. The zero-order chi connectivity index (χ0) is 12.5. The Hall–Kier alpha value is -1.41. The summed E-state index contributed by atoms with van der Waals surface area (Å²) in [7, 11) is 1.60. The molecule has 0 bridgehead atoms. The van der Waals surface area contributed by atoms with E-state index in [4.69, 9.17) is 14.6 Å². The molecular formula is C13H15FO3. The molecule has 0 saturated heterocycles. The van der Waals surface area contributed by atoms with E-state index < -0.39 is 5.82 Å². The molecule has 92 valence electrons. The largest absolute Gasteiger partial charge is 0.384 e. The molecule has 0 aliphatic heterocycles. The number of benzene rings is 1. The Kier molecular flexibility index (Phi) is 6.26. The van der Waals surface area contributed by atoms with Crippen molar-refractivity contribution in [3.63, 3.8) is 0 Å². The van der Waals surface area contributed by atoms with Crippen LogP contribution >= 0.6 is 0 Å². The number of ether oxygens (including phenoxy) is 2. The lowest BCUT2D eigenvalue weighted by Gasteiger charge is -2.04. The summed E-state index contributed by atoms with van der Waals surface area (Å²) < 4.78 is 23.4. The summed E-state index contributed by atoms with van der Waals surface area (Å²) in [6, 6.07) is 4.60. The van der Waals surface area contributed by atoms with Gasteiger partial charge in [-0.1, -0.05) is 17.9 Å². The van der Waals surface area contributed by atoms with Crippen molar-refractivity contribution < 1.29 is 19.0 Å². The van der Waals surface area contributed by atoms with Gasteiger partial charge in [-0.15, -0.1) is 0 Å². The molecule has 1 aromatic carbocycles. The molecule has 17 heavy (non-hydrogen) atoms. The van der Waals surface area contributed by atoms with Gasteiger partial charge in [0.1, 0.15) is 12.4 Å². The normalized spacial score (nSPS) is 9.82. The number of aliphatic hydroxyl groups is 1. The number of methoxy groups -OCH3 is 1. The van der Waals surface area contributed by atoms with Crippen LogP contribution in [0.4, 0.5) is 4.39 Å². The third-order valence-corrected chi connectivity index (χ3v) is 2.03. The van der Waals surface area contributed by atoms with Crippen molar-refractivity contribution in [3.8, 4) is 11.8 Å². The molecule has 1 rings (SSSR count). The molecule has 0 fully saturated rings. The van der Waals surface area contributed by atoms with E-state index in [1.54, 1.807) is 19.2 Å². The second-order valence-electron chi connectivity index (χ2n) is 3.32. The van der Waals surface area contributed by atoms with Crippen LogP contribution in [0.3, 0.4) is 0 Å². The molecule has 0 atom stereocenters. The Bertz CT molecular complexity index is 407. The average Bonchev–Trinajstić information content (AvgIpc) is 2.35. The van der Waals surface area contributed by atoms with Gasteiger partial charge in [0.25, 0.3) is 0 Å². The SMILES string of the molecule is COCCOCc1ccc(F)c(C#CCO)c1. The second-order valence-corrected chi connectivity index (χ2v) is 3.32. The van der Waals surface area contributed by atoms with Gasteiger partial charge in [-0.05, 0) is 17.7 Å². The number of rotatable bonds is 5. The molecule has 1 N–H and O–H groups in total. The van der Waals surface area contributed by atoms with E-state index in [-0.39, 0.29) is 12.2 Å². The highest BCUT2D eigenvalue weighted by atomic mass is 19.1. The molecule has 3 nitrogen and oxygen atoms in total. The summed E-state index contributed by atoms with van der Waals surface area (Å²) in [5.41, 5.74) is 1.11. The highest BCUT2D eigenvalue weighted by Gasteiger charge is 2.01. The fourth-order valence-corrected chi connectivity index (χ4v) is 1.23. The summed E-state index contributed by atoms with van der Waals surface area (Å²) in [5.74, 6) is 4.57. The number of aliphatic hydroxyl groups excluding tert-OH is 1. The van der Waals surface area contributed by atoms with Crippen LogP contribution in [0.2, 0.25) is 0 Å². The Balaban J connectivity index is 2.61. The van der Waals surface area contributed by atoms with Crippen LogP contribution in [0.25, 0.3) is 0 Å². The summed E-state index contributed by atoms with van der Waals surface area (Å²) in [4.78, 5) is 0. The maximum absolute atomic E-state index is 13.3.